The van der Waals surface area contributed by atoms with E-state index in [0.29, 0.717) is 31.4 Å². The Morgan fingerprint density at radius 2 is 2.04 bits per heavy atom. The summed E-state index contributed by atoms with van der Waals surface area (Å²) in [5.41, 5.74) is 7.53. The van der Waals surface area contributed by atoms with Gasteiger partial charge in [-0.2, -0.15) is 0 Å². The van der Waals surface area contributed by atoms with Gasteiger partial charge in [0.2, 0.25) is 5.91 Å². The fourth-order valence-corrected chi connectivity index (χ4v) is 4.96. The van der Waals surface area contributed by atoms with E-state index in [4.69, 9.17) is 15.2 Å². The van der Waals surface area contributed by atoms with E-state index in [1.54, 1.807) is 0 Å². The average Bonchev–Trinajstić information content (AvgIpc) is 3.34. The van der Waals surface area contributed by atoms with Crippen LogP contribution in [-0.4, -0.2) is 66.9 Å². The molecule has 4 rings (SSSR count). The second-order valence-electron chi connectivity index (χ2n) is 8.15. The van der Waals surface area contributed by atoms with E-state index < -0.39 is 5.79 Å². The number of ether oxygens (including phenoxy) is 2. The number of likely N-dealkylation sites (tertiary alicyclic amines) is 1. The number of hydrogen-bond donors (Lipinski definition) is 1. The number of nitrogen functional groups attached to an aromatic ring is 1. The lowest BCUT2D eigenvalue weighted by Gasteiger charge is -2.47. The van der Waals surface area contributed by atoms with Gasteiger partial charge in [0.05, 0.1) is 25.7 Å². The molecule has 2 N–H and O–H groups in total. The van der Waals surface area contributed by atoms with Crippen LogP contribution in [0.15, 0.2) is 24.3 Å². The topological polar surface area (TPSA) is 68.0 Å². The first-order valence-corrected chi connectivity index (χ1v) is 10.2. The predicted octanol–water partition coefficient (Wildman–Crippen LogP) is 2.03. The molecule has 0 radical (unpaired) electrons. The van der Waals surface area contributed by atoms with Crippen molar-refractivity contribution < 1.29 is 14.3 Å². The second kappa shape index (κ2) is 7.78. The predicted molar refractivity (Wildman–Crippen MR) is 104 cm³/mol. The van der Waals surface area contributed by atoms with E-state index in [-0.39, 0.29) is 11.9 Å². The highest BCUT2D eigenvalue weighted by atomic mass is 16.7. The fraction of sp³-hybridized carbons (Fsp3) is 0.667. The van der Waals surface area contributed by atoms with Gasteiger partial charge in [0.1, 0.15) is 0 Å². The van der Waals surface area contributed by atoms with Crippen LogP contribution in [0.5, 0.6) is 0 Å². The highest BCUT2D eigenvalue weighted by Gasteiger charge is 2.48. The molecule has 3 aliphatic rings. The number of amides is 1. The number of carbonyl (C=O) groups is 1. The van der Waals surface area contributed by atoms with Gasteiger partial charge in [-0.25, -0.2) is 0 Å². The van der Waals surface area contributed by atoms with E-state index in [1.807, 2.05) is 36.2 Å². The molecule has 2 saturated heterocycles. The zero-order chi connectivity index (χ0) is 18.9. The Bertz CT molecular complexity index is 668. The summed E-state index contributed by atoms with van der Waals surface area (Å²) in [6.45, 7) is 3.57. The number of anilines is 1. The third-order valence-electron chi connectivity index (χ3n) is 6.41. The maximum Gasteiger partial charge on any atom is 0.227 e. The van der Waals surface area contributed by atoms with Crippen molar-refractivity contribution in [2.24, 2.45) is 0 Å². The van der Waals surface area contributed by atoms with Gasteiger partial charge in [0, 0.05) is 31.6 Å². The van der Waals surface area contributed by atoms with Crippen molar-refractivity contribution in [2.75, 3.05) is 39.1 Å². The number of hydrogen-bond acceptors (Lipinski definition) is 5. The van der Waals surface area contributed by atoms with Crippen LogP contribution in [0.3, 0.4) is 0 Å². The molecule has 1 aliphatic carbocycles. The lowest BCUT2D eigenvalue weighted by Crippen LogP contribution is -2.58. The molecular weight excluding hydrogens is 342 g/mol. The lowest BCUT2D eigenvalue weighted by atomic mass is 9.83. The summed E-state index contributed by atoms with van der Waals surface area (Å²) in [6, 6.07) is 8.10. The molecule has 2 unspecified atom stereocenters. The van der Waals surface area contributed by atoms with Crippen molar-refractivity contribution in [3.8, 4) is 0 Å². The van der Waals surface area contributed by atoms with E-state index in [2.05, 4.69) is 4.90 Å². The standard InChI is InChI=1S/C21H31N3O3/c1-23(20(25)14-16-5-4-6-17(22)13-16)19-15-21(26-11-12-27-21)8-7-18(19)24-9-2-3-10-24/h4-6,13,18-19H,2-3,7-12,14-15,22H2,1H3. The van der Waals surface area contributed by atoms with Crippen LogP contribution < -0.4 is 5.73 Å². The summed E-state index contributed by atoms with van der Waals surface area (Å²) in [7, 11) is 1.94. The van der Waals surface area contributed by atoms with Crippen LogP contribution in [0, 0.1) is 0 Å². The largest absolute Gasteiger partial charge is 0.399 e. The molecule has 27 heavy (non-hydrogen) atoms. The lowest BCUT2D eigenvalue weighted by molar-refractivity contribution is -0.198. The molecule has 148 valence electrons. The molecule has 2 heterocycles. The van der Waals surface area contributed by atoms with Crippen LogP contribution in [0.1, 0.15) is 37.7 Å². The van der Waals surface area contributed by atoms with Gasteiger partial charge in [-0.15, -0.1) is 0 Å². The van der Waals surface area contributed by atoms with Crippen LogP contribution in [0.25, 0.3) is 0 Å². The smallest absolute Gasteiger partial charge is 0.227 e. The average molecular weight is 373 g/mol. The first kappa shape index (κ1) is 18.7. The summed E-state index contributed by atoms with van der Waals surface area (Å²) < 4.78 is 12.0. The van der Waals surface area contributed by atoms with Gasteiger partial charge in [-0.1, -0.05) is 12.1 Å². The monoisotopic (exact) mass is 373 g/mol. The Kier molecular flexibility index (Phi) is 5.39. The number of benzene rings is 1. The van der Waals surface area contributed by atoms with Gasteiger partial charge >= 0.3 is 0 Å². The molecule has 1 spiro atoms. The van der Waals surface area contributed by atoms with E-state index >= 15 is 0 Å². The molecule has 1 aromatic rings. The SMILES string of the molecule is CN(C(=O)Cc1cccc(N)c1)C1CC2(CCC1N1CCCC1)OCCO2. The van der Waals surface area contributed by atoms with E-state index in [1.165, 1.54) is 12.8 Å². The number of nitrogens with two attached hydrogens (primary N) is 1. The van der Waals surface area contributed by atoms with Crippen molar-refractivity contribution in [1.29, 1.82) is 0 Å². The summed E-state index contributed by atoms with van der Waals surface area (Å²) in [6.07, 6.45) is 5.57. The van der Waals surface area contributed by atoms with Gasteiger partial charge in [-0.3, -0.25) is 9.69 Å². The highest BCUT2D eigenvalue weighted by Crippen LogP contribution is 2.40. The fourth-order valence-electron chi connectivity index (χ4n) is 4.96. The summed E-state index contributed by atoms with van der Waals surface area (Å²) in [4.78, 5) is 17.6. The molecule has 2 aliphatic heterocycles. The van der Waals surface area contributed by atoms with Gasteiger partial charge in [0.25, 0.3) is 0 Å². The molecule has 0 aromatic heterocycles. The molecule has 6 heteroatoms. The first-order valence-electron chi connectivity index (χ1n) is 10.2. The number of nitrogens with zero attached hydrogens (tertiary/aromatic N) is 2. The van der Waals surface area contributed by atoms with E-state index in [0.717, 1.165) is 37.9 Å². The normalized spacial score (nSPS) is 27.9. The Labute approximate surface area is 161 Å². The summed E-state index contributed by atoms with van der Waals surface area (Å²) in [5, 5.41) is 0. The quantitative estimate of drug-likeness (QED) is 0.818. The van der Waals surface area contributed by atoms with Crippen molar-refractivity contribution in [3.63, 3.8) is 0 Å². The third-order valence-corrected chi connectivity index (χ3v) is 6.41. The zero-order valence-corrected chi connectivity index (χ0v) is 16.2. The minimum atomic E-state index is -0.493. The van der Waals surface area contributed by atoms with Crippen LogP contribution in [-0.2, 0) is 20.7 Å². The molecular formula is C21H31N3O3. The van der Waals surface area contributed by atoms with Gasteiger partial charge in [-0.05, 0) is 50.0 Å². The molecule has 1 aromatic carbocycles. The Morgan fingerprint density at radius 3 is 2.74 bits per heavy atom. The minimum absolute atomic E-state index is 0.114. The number of likely N-dealkylation sites (N-methyl/N-ethyl adjacent to an activating group) is 1. The van der Waals surface area contributed by atoms with Crippen molar-refractivity contribution in [1.82, 2.24) is 9.80 Å². The molecule has 6 nitrogen and oxygen atoms in total. The first-order chi connectivity index (χ1) is 13.1. The molecule has 2 atom stereocenters. The van der Waals surface area contributed by atoms with Gasteiger partial charge < -0.3 is 20.1 Å². The Balaban J connectivity index is 1.51. The zero-order valence-electron chi connectivity index (χ0n) is 16.2. The molecule has 3 fully saturated rings. The Morgan fingerprint density at radius 1 is 1.30 bits per heavy atom. The minimum Gasteiger partial charge on any atom is -0.399 e. The summed E-state index contributed by atoms with van der Waals surface area (Å²) in [5.74, 6) is -0.364. The highest BCUT2D eigenvalue weighted by molar-refractivity contribution is 5.79. The second-order valence-corrected chi connectivity index (χ2v) is 8.15. The number of rotatable bonds is 4. The maximum atomic E-state index is 13.1. The van der Waals surface area contributed by atoms with Gasteiger partial charge in [0.15, 0.2) is 5.79 Å². The van der Waals surface area contributed by atoms with Crippen LogP contribution in [0.4, 0.5) is 5.69 Å². The third kappa shape index (κ3) is 3.98. The van der Waals surface area contributed by atoms with Crippen molar-refractivity contribution in [2.45, 2.75) is 56.4 Å². The Hall–Kier alpha value is -1.63. The maximum absolute atomic E-state index is 13.1. The van der Waals surface area contributed by atoms with Crippen LogP contribution >= 0.6 is 0 Å². The van der Waals surface area contributed by atoms with Crippen molar-refractivity contribution in [3.05, 3.63) is 29.8 Å². The molecule has 1 saturated carbocycles. The van der Waals surface area contributed by atoms with Crippen LogP contribution in [0.2, 0.25) is 0 Å². The molecule has 0 bridgehead atoms. The van der Waals surface area contributed by atoms with Crippen molar-refractivity contribution >= 4 is 11.6 Å². The van der Waals surface area contributed by atoms with E-state index in [9.17, 15) is 4.79 Å². The summed E-state index contributed by atoms with van der Waals surface area (Å²) >= 11 is 0. The molecule has 1 amide bonds. The number of carbonyl (C=O) groups excluding carboxylic acids is 1.